The number of esters is 3. The van der Waals surface area contributed by atoms with Crippen LogP contribution in [0.3, 0.4) is 0 Å². The Hall–Kier alpha value is -2.15. The fourth-order valence-corrected chi connectivity index (χ4v) is 3.20. The molecule has 1 fully saturated rings. The number of carbonyl (C=O) groups excluding carboxylic acids is 3. The van der Waals surface area contributed by atoms with Gasteiger partial charge in [0.25, 0.3) is 0 Å². The van der Waals surface area contributed by atoms with Gasteiger partial charge in [-0.25, -0.2) is 0 Å². The molecule has 0 unspecified atom stereocenters. The predicted molar refractivity (Wildman–Crippen MR) is 98.8 cm³/mol. The first-order valence-electron chi connectivity index (χ1n) is 9.06. The van der Waals surface area contributed by atoms with Crippen molar-refractivity contribution in [2.75, 3.05) is 6.61 Å². The van der Waals surface area contributed by atoms with E-state index < -0.39 is 42.3 Å². The number of carbonyl (C=O) groups is 3. The third-order valence-corrected chi connectivity index (χ3v) is 4.33. The second-order valence-electron chi connectivity index (χ2n) is 6.77. The van der Waals surface area contributed by atoms with E-state index in [9.17, 15) is 14.4 Å². The Labute approximate surface area is 160 Å². The maximum Gasteiger partial charge on any atom is 0.303 e. The molecule has 0 N–H and O–H groups in total. The predicted octanol–water partition coefficient (Wildman–Crippen LogP) is 2.73. The minimum absolute atomic E-state index is 0.217. The second kappa shape index (κ2) is 10.9. The van der Waals surface area contributed by atoms with Crippen molar-refractivity contribution in [1.82, 2.24) is 0 Å². The lowest BCUT2D eigenvalue weighted by molar-refractivity contribution is -0.222. The first-order chi connectivity index (χ1) is 12.7. The first kappa shape index (κ1) is 22.9. The van der Waals surface area contributed by atoms with E-state index in [-0.39, 0.29) is 12.5 Å². The molecule has 1 aliphatic rings. The lowest BCUT2D eigenvalue weighted by Gasteiger charge is -2.43. The van der Waals surface area contributed by atoms with Crippen LogP contribution in [0.5, 0.6) is 0 Å². The van der Waals surface area contributed by atoms with Gasteiger partial charge in [-0.1, -0.05) is 18.2 Å². The highest BCUT2D eigenvalue weighted by atomic mass is 16.6. The van der Waals surface area contributed by atoms with Gasteiger partial charge in [0.1, 0.15) is 18.3 Å². The second-order valence-corrected chi connectivity index (χ2v) is 6.77. The van der Waals surface area contributed by atoms with Gasteiger partial charge in [-0.15, -0.1) is 6.58 Å². The summed E-state index contributed by atoms with van der Waals surface area (Å²) >= 11 is 0. The maximum atomic E-state index is 11.7. The van der Waals surface area contributed by atoms with Crippen molar-refractivity contribution in [3.63, 3.8) is 0 Å². The van der Waals surface area contributed by atoms with E-state index in [0.717, 1.165) is 18.4 Å². The van der Waals surface area contributed by atoms with Gasteiger partial charge in [0.15, 0.2) is 6.10 Å². The van der Waals surface area contributed by atoms with Crippen molar-refractivity contribution in [3.8, 4) is 0 Å². The van der Waals surface area contributed by atoms with Gasteiger partial charge in [0, 0.05) is 26.7 Å². The molecule has 0 aromatic heterocycles. The van der Waals surface area contributed by atoms with Crippen LogP contribution in [0.4, 0.5) is 0 Å². The van der Waals surface area contributed by atoms with Crippen molar-refractivity contribution >= 4 is 17.9 Å². The van der Waals surface area contributed by atoms with Crippen LogP contribution in [-0.2, 0) is 33.3 Å². The average Bonchev–Trinajstić information content (AvgIpc) is 2.54. The molecule has 152 valence electrons. The van der Waals surface area contributed by atoms with Gasteiger partial charge < -0.3 is 18.9 Å². The van der Waals surface area contributed by atoms with Crippen LogP contribution >= 0.6 is 0 Å². The van der Waals surface area contributed by atoms with Crippen LogP contribution in [0, 0.1) is 5.92 Å². The Bertz CT molecular complexity index is 569. The SMILES string of the molecule is C=CCCC[C@@H](OC(C)=O)[C@@H]1OC[C@@H](C(=C)C)[C@H](OC(C)=O)[C@@H]1OC(C)=O. The molecule has 1 aliphatic heterocycles. The Kier molecular flexibility index (Phi) is 9.21. The molecular formula is C20H30O7. The fourth-order valence-electron chi connectivity index (χ4n) is 3.20. The van der Waals surface area contributed by atoms with E-state index in [1.165, 1.54) is 20.8 Å². The van der Waals surface area contributed by atoms with E-state index in [4.69, 9.17) is 18.9 Å². The van der Waals surface area contributed by atoms with Crippen LogP contribution in [0.15, 0.2) is 24.8 Å². The summed E-state index contributed by atoms with van der Waals surface area (Å²) in [5.41, 5.74) is 0.743. The van der Waals surface area contributed by atoms with Crippen LogP contribution < -0.4 is 0 Å². The highest BCUT2D eigenvalue weighted by Gasteiger charge is 2.48. The van der Waals surface area contributed by atoms with Crippen molar-refractivity contribution in [2.24, 2.45) is 5.92 Å². The van der Waals surface area contributed by atoms with Crippen molar-refractivity contribution in [1.29, 1.82) is 0 Å². The number of hydrogen-bond donors (Lipinski definition) is 0. The molecule has 1 heterocycles. The van der Waals surface area contributed by atoms with Crippen LogP contribution in [0.25, 0.3) is 0 Å². The number of ether oxygens (including phenoxy) is 4. The molecule has 5 atom stereocenters. The van der Waals surface area contributed by atoms with E-state index >= 15 is 0 Å². The minimum Gasteiger partial charge on any atom is -0.460 e. The van der Waals surface area contributed by atoms with Gasteiger partial charge in [-0.3, -0.25) is 14.4 Å². The molecule has 7 nitrogen and oxygen atoms in total. The molecule has 0 saturated carbocycles. The molecule has 1 saturated heterocycles. The molecule has 7 heteroatoms. The summed E-state index contributed by atoms with van der Waals surface area (Å²) in [6, 6.07) is 0. The monoisotopic (exact) mass is 382 g/mol. The van der Waals surface area contributed by atoms with Crippen molar-refractivity contribution in [3.05, 3.63) is 24.8 Å². The summed E-state index contributed by atoms with van der Waals surface area (Å²) in [6.45, 7) is 13.5. The van der Waals surface area contributed by atoms with Crippen LogP contribution in [0.1, 0.15) is 47.0 Å². The third-order valence-electron chi connectivity index (χ3n) is 4.33. The Balaban J connectivity index is 3.19. The molecule has 0 spiro atoms. The zero-order chi connectivity index (χ0) is 20.6. The lowest BCUT2D eigenvalue weighted by atomic mass is 9.85. The summed E-state index contributed by atoms with van der Waals surface area (Å²) in [6.07, 6.45) is 0.669. The van der Waals surface area contributed by atoms with Gasteiger partial charge in [-0.05, 0) is 26.2 Å². The number of rotatable bonds is 9. The number of hydrogen-bond acceptors (Lipinski definition) is 7. The van der Waals surface area contributed by atoms with Crippen LogP contribution in [-0.4, -0.2) is 48.9 Å². The fraction of sp³-hybridized carbons (Fsp3) is 0.650. The highest BCUT2D eigenvalue weighted by molar-refractivity contribution is 5.68. The molecule has 0 aromatic carbocycles. The summed E-state index contributed by atoms with van der Waals surface area (Å²) in [5, 5.41) is 0. The maximum absolute atomic E-state index is 11.7. The lowest BCUT2D eigenvalue weighted by Crippen LogP contribution is -2.58. The van der Waals surface area contributed by atoms with Gasteiger partial charge in [0.05, 0.1) is 6.61 Å². The van der Waals surface area contributed by atoms with E-state index in [1.807, 2.05) is 0 Å². The standard InChI is InChI=1S/C20H30O7/c1-7-8-9-10-17(25-13(4)21)19-20(27-15(6)23)18(26-14(5)22)16(11-24-19)12(2)3/h7,16-20H,1-2,8-11H2,3-6H3/t16-,17+,18-,19-,20-/m0/s1. The molecule has 1 rings (SSSR count). The highest BCUT2D eigenvalue weighted by Crippen LogP contribution is 2.33. The topological polar surface area (TPSA) is 88.1 Å². The molecule has 0 radical (unpaired) electrons. The number of unbranched alkanes of at least 4 members (excludes halogenated alkanes) is 1. The summed E-state index contributed by atoms with van der Waals surface area (Å²) in [7, 11) is 0. The van der Waals surface area contributed by atoms with Gasteiger partial charge in [0.2, 0.25) is 0 Å². The van der Waals surface area contributed by atoms with Gasteiger partial charge >= 0.3 is 17.9 Å². The van der Waals surface area contributed by atoms with Crippen molar-refractivity contribution in [2.45, 2.75) is 71.4 Å². The van der Waals surface area contributed by atoms with E-state index in [1.54, 1.807) is 13.0 Å². The summed E-state index contributed by atoms with van der Waals surface area (Å²) < 4.78 is 22.3. The molecule has 0 aliphatic carbocycles. The van der Waals surface area contributed by atoms with Gasteiger partial charge in [-0.2, -0.15) is 0 Å². The normalized spacial score (nSPS) is 25.8. The summed E-state index contributed by atoms with van der Waals surface area (Å²) in [4.78, 5) is 34.9. The minimum atomic E-state index is -0.907. The van der Waals surface area contributed by atoms with E-state index in [2.05, 4.69) is 13.2 Å². The molecular weight excluding hydrogens is 352 g/mol. The molecule has 0 aromatic rings. The Morgan fingerprint density at radius 2 is 1.67 bits per heavy atom. The van der Waals surface area contributed by atoms with Crippen LogP contribution in [0.2, 0.25) is 0 Å². The summed E-state index contributed by atoms with van der Waals surface area (Å²) in [5.74, 6) is -1.84. The first-order valence-corrected chi connectivity index (χ1v) is 9.06. The zero-order valence-electron chi connectivity index (χ0n) is 16.6. The average molecular weight is 382 g/mol. The quantitative estimate of drug-likeness (QED) is 0.262. The Morgan fingerprint density at radius 3 is 2.15 bits per heavy atom. The third kappa shape index (κ3) is 7.17. The Morgan fingerprint density at radius 1 is 1.07 bits per heavy atom. The molecule has 0 bridgehead atoms. The molecule has 27 heavy (non-hydrogen) atoms. The largest absolute Gasteiger partial charge is 0.460 e. The van der Waals surface area contributed by atoms with E-state index in [0.29, 0.717) is 6.42 Å². The zero-order valence-corrected chi connectivity index (χ0v) is 16.6. The number of allylic oxidation sites excluding steroid dienone is 1. The van der Waals surface area contributed by atoms with Crippen molar-refractivity contribution < 1.29 is 33.3 Å². The smallest absolute Gasteiger partial charge is 0.303 e. The molecule has 0 amide bonds.